The molecule has 1 aliphatic rings. The van der Waals surface area contributed by atoms with Gasteiger partial charge in [0.25, 0.3) is 0 Å². The minimum absolute atomic E-state index is 0.112. The number of Topliss-reactive ketones (excluding diaryl/α,β-unsaturated/α-hetero) is 1. The van der Waals surface area contributed by atoms with E-state index in [2.05, 4.69) is 0 Å². The maximum atomic E-state index is 11.8. The van der Waals surface area contributed by atoms with Crippen molar-refractivity contribution < 1.29 is 9.53 Å². The van der Waals surface area contributed by atoms with E-state index in [1.165, 1.54) is 0 Å². The van der Waals surface area contributed by atoms with E-state index in [-0.39, 0.29) is 11.7 Å². The molecule has 0 N–H and O–H groups in total. The summed E-state index contributed by atoms with van der Waals surface area (Å²) in [4.78, 5) is 11.8. The van der Waals surface area contributed by atoms with E-state index < -0.39 is 0 Å². The van der Waals surface area contributed by atoms with Crippen molar-refractivity contribution in [2.45, 2.75) is 20.3 Å². The molecule has 0 saturated carbocycles. The maximum Gasteiger partial charge on any atom is 0.170 e. The number of fused-ring (bicyclic) bond motifs is 1. The van der Waals surface area contributed by atoms with Crippen molar-refractivity contribution in [2.75, 3.05) is 7.11 Å². The van der Waals surface area contributed by atoms with E-state index in [4.69, 9.17) is 4.74 Å². The molecule has 2 rings (SSSR count). The highest BCUT2D eigenvalue weighted by Crippen LogP contribution is 2.35. The Morgan fingerprint density at radius 2 is 2.14 bits per heavy atom. The van der Waals surface area contributed by atoms with Gasteiger partial charge in [-0.25, -0.2) is 0 Å². The number of hydrogen-bond acceptors (Lipinski definition) is 2. The molecular formula is C12H14O2. The Morgan fingerprint density at radius 1 is 1.43 bits per heavy atom. The highest BCUT2D eigenvalue weighted by molar-refractivity contribution is 6.04. The summed E-state index contributed by atoms with van der Waals surface area (Å²) in [7, 11) is 1.62. The number of carbonyl (C=O) groups is 1. The van der Waals surface area contributed by atoms with Crippen LogP contribution in [0.2, 0.25) is 0 Å². The SMILES string of the molecule is COc1c(C)ccc2c1C(=O)C(C)C2. The molecule has 1 unspecified atom stereocenters. The number of hydrogen-bond donors (Lipinski definition) is 0. The molecule has 2 nitrogen and oxygen atoms in total. The zero-order valence-corrected chi connectivity index (χ0v) is 8.76. The first-order chi connectivity index (χ1) is 6.65. The number of methoxy groups -OCH3 is 1. The lowest BCUT2D eigenvalue weighted by Crippen LogP contribution is -2.05. The van der Waals surface area contributed by atoms with Crippen LogP contribution in [0.5, 0.6) is 5.75 Å². The third-order valence-electron chi connectivity index (χ3n) is 2.87. The third kappa shape index (κ3) is 1.14. The van der Waals surface area contributed by atoms with E-state index >= 15 is 0 Å². The van der Waals surface area contributed by atoms with Crippen LogP contribution in [0.15, 0.2) is 12.1 Å². The molecule has 0 spiro atoms. The van der Waals surface area contributed by atoms with Crippen molar-refractivity contribution in [1.82, 2.24) is 0 Å². The molecule has 2 heteroatoms. The summed E-state index contributed by atoms with van der Waals surface area (Å²) in [6.07, 6.45) is 0.852. The van der Waals surface area contributed by atoms with Crippen molar-refractivity contribution >= 4 is 5.78 Å². The quantitative estimate of drug-likeness (QED) is 0.679. The Labute approximate surface area is 83.9 Å². The number of benzene rings is 1. The van der Waals surface area contributed by atoms with Crippen molar-refractivity contribution in [3.63, 3.8) is 0 Å². The molecule has 14 heavy (non-hydrogen) atoms. The van der Waals surface area contributed by atoms with E-state index in [0.717, 1.165) is 28.9 Å². The van der Waals surface area contributed by atoms with E-state index in [1.54, 1.807) is 7.11 Å². The molecular weight excluding hydrogens is 176 g/mol. The second kappa shape index (κ2) is 3.12. The van der Waals surface area contributed by atoms with Crippen LogP contribution >= 0.6 is 0 Å². The molecule has 0 radical (unpaired) electrons. The van der Waals surface area contributed by atoms with Crippen LogP contribution in [0.25, 0.3) is 0 Å². The minimum Gasteiger partial charge on any atom is -0.496 e. The minimum atomic E-state index is 0.112. The van der Waals surface area contributed by atoms with Crippen LogP contribution < -0.4 is 4.74 Å². The smallest absolute Gasteiger partial charge is 0.170 e. The van der Waals surface area contributed by atoms with Crippen LogP contribution in [-0.4, -0.2) is 12.9 Å². The summed E-state index contributed by atoms with van der Waals surface area (Å²) < 4.78 is 5.29. The van der Waals surface area contributed by atoms with Gasteiger partial charge in [-0.05, 0) is 24.5 Å². The highest BCUT2D eigenvalue weighted by atomic mass is 16.5. The molecule has 0 bridgehead atoms. The highest BCUT2D eigenvalue weighted by Gasteiger charge is 2.30. The Kier molecular flexibility index (Phi) is 2.06. The number of rotatable bonds is 1. The first-order valence-electron chi connectivity index (χ1n) is 4.86. The fraction of sp³-hybridized carbons (Fsp3) is 0.417. The lowest BCUT2D eigenvalue weighted by atomic mass is 10.0. The van der Waals surface area contributed by atoms with Gasteiger partial charge in [0.15, 0.2) is 5.78 Å². The molecule has 0 fully saturated rings. The molecule has 74 valence electrons. The van der Waals surface area contributed by atoms with Crippen LogP contribution in [0.4, 0.5) is 0 Å². The monoisotopic (exact) mass is 190 g/mol. The standard InChI is InChI=1S/C12H14O2/c1-7-4-5-9-6-8(2)11(13)10(9)12(7)14-3/h4-5,8H,6H2,1-3H3. The van der Waals surface area contributed by atoms with Gasteiger partial charge < -0.3 is 4.74 Å². The molecule has 0 aromatic heterocycles. The normalized spacial score (nSPS) is 19.6. The number of ketones is 1. The maximum absolute atomic E-state index is 11.8. The number of carbonyl (C=O) groups excluding carboxylic acids is 1. The van der Waals surface area contributed by atoms with Gasteiger partial charge in [-0.2, -0.15) is 0 Å². The van der Waals surface area contributed by atoms with E-state index in [1.807, 2.05) is 26.0 Å². The molecule has 1 aromatic rings. The predicted molar refractivity (Wildman–Crippen MR) is 54.9 cm³/mol. The largest absolute Gasteiger partial charge is 0.496 e. The average molecular weight is 190 g/mol. The summed E-state index contributed by atoms with van der Waals surface area (Å²) in [5.41, 5.74) is 2.97. The average Bonchev–Trinajstić information content (AvgIpc) is 2.45. The summed E-state index contributed by atoms with van der Waals surface area (Å²) in [5.74, 6) is 1.10. The lowest BCUT2D eigenvalue weighted by molar-refractivity contribution is 0.0943. The van der Waals surface area contributed by atoms with Gasteiger partial charge in [0.1, 0.15) is 5.75 Å². The van der Waals surface area contributed by atoms with Crippen molar-refractivity contribution in [3.8, 4) is 5.75 Å². The van der Waals surface area contributed by atoms with Gasteiger partial charge in [0, 0.05) is 5.92 Å². The van der Waals surface area contributed by atoms with Gasteiger partial charge in [0.05, 0.1) is 12.7 Å². The second-order valence-electron chi connectivity index (χ2n) is 3.92. The molecule has 0 saturated heterocycles. The lowest BCUT2D eigenvalue weighted by Gasteiger charge is -2.09. The first kappa shape index (κ1) is 9.25. The number of aryl methyl sites for hydroxylation is 1. The zero-order chi connectivity index (χ0) is 10.3. The van der Waals surface area contributed by atoms with Gasteiger partial charge >= 0.3 is 0 Å². The molecule has 0 aliphatic heterocycles. The predicted octanol–water partition coefficient (Wildman–Crippen LogP) is 2.38. The van der Waals surface area contributed by atoms with Crippen LogP contribution in [0.1, 0.15) is 28.4 Å². The summed E-state index contributed by atoms with van der Waals surface area (Å²) in [6.45, 7) is 3.94. The van der Waals surface area contributed by atoms with Crippen molar-refractivity contribution in [1.29, 1.82) is 0 Å². The topological polar surface area (TPSA) is 26.3 Å². The summed E-state index contributed by atoms with van der Waals surface area (Å²) in [6, 6.07) is 4.05. The molecule has 0 amide bonds. The summed E-state index contributed by atoms with van der Waals surface area (Å²) in [5, 5.41) is 0. The molecule has 1 aliphatic carbocycles. The van der Waals surface area contributed by atoms with Gasteiger partial charge in [-0.1, -0.05) is 19.1 Å². The van der Waals surface area contributed by atoms with Crippen LogP contribution in [0, 0.1) is 12.8 Å². The molecule has 1 atom stereocenters. The third-order valence-corrected chi connectivity index (χ3v) is 2.87. The fourth-order valence-corrected chi connectivity index (χ4v) is 2.10. The van der Waals surface area contributed by atoms with Crippen molar-refractivity contribution in [2.24, 2.45) is 5.92 Å². The summed E-state index contributed by atoms with van der Waals surface area (Å²) >= 11 is 0. The second-order valence-corrected chi connectivity index (χ2v) is 3.92. The Bertz CT molecular complexity index is 394. The fourth-order valence-electron chi connectivity index (χ4n) is 2.10. The van der Waals surface area contributed by atoms with E-state index in [0.29, 0.717) is 0 Å². The van der Waals surface area contributed by atoms with Crippen LogP contribution in [-0.2, 0) is 6.42 Å². The van der Waals surface area contributed by atoms with Crippen molar-refractivity contribution in [3.05, 3.63) is 28.8 Å². The Morgan fingerprint density at radius 3 is 2.79 bits per heavy atom. The van der Waals surface area contributed by atoms with Gasteiger partial charge in [-0.15, -0.1) is 0 Å². The van der Waals surface area contributed by atoms with Gasteiger partial charge in [-0.3, -0.25) is 4.79 Å². The molecule has 0 heterocycles. The Hall–Kier alpha value is -1.31. The van der Waals surface area contributed by atoms with E-state index in [9.17, 15) is 4.79 Å². The molecule has 1 aromatic carbocycles. The zero-order valence-electron chi connectivity index (χ0n) is 8.76. The van der Waals surface area contributed by atoms with Gasteiger partial charge in [0.2, 0.25) is 0 Å². The first-order valence-corrected chi connectivity index (χ1v) is 4.86. The number of ether oxygens (including phenoxy) is 1. The van der Waals surface area contributed by atoms with Crippen LogP contribution in [0.3, 0.4) is 0 Å². The Balaban J connectivity index is 2.64.